The summed E-state index contributed by atoms with van der Waals surface area (Å²) in [5, 5.41) is 0. The molecule has 3 aromatic carbocycles. The van der Waals surface area contributed by atoms with Gasteiger partial charge in [-0.25, -0.2) is 8.42 Å². The molecule has 0 N–H and O–H groups in total. The Morgan fingerprint density at radius 3 is 2.25 bits per heavy atom. The fraction of sp³-hybridized carbons (Fsp3) is 0.182. The highest BCUT2D eigenvalue weighted by Gasteiger charge is 2.25. The van der Waals surface area contributed by atoms with E-state index in [2.05, 4.69) is 0 Å². The monoisotopic (exact) mass is 395 g/mol. The second-order valence-electron chi connectivity index (χ2n) is 6.76. The molecule has 0 spiro atoms. The first-order valence-electron chi connectivity index (χ1n) is 8.99. The number of rotatable bonds is 4. The Balaban J connectivity index is 1.76. The number of benzene rings is 3. The molecule has 0 atom stereocenters. The number of hydrogen-bond donors (Lipinski definition) is 0. The molecule has 144 valence electrons. The van der Waals surface area contributed by atoms with Crippen LogP contribution in [-0.4, -0.2) is 14.7 Å². The molecule has 1 aliphatic heterocycles. The third-order valence-corrected chi connectivity index (χ3v) is 5.69. The van der Waals surface area contributed by atoms with Crippen molar-refractivity contribution < 1.29 is 17.9 Å². The minimum absolute atomic E-state index is 0.216. The SMILES string of the molecule is CS(=O)(=O)N(Cc1ccccc1)c1cccc2c1OCc1cccc(c1)CO2. The summed E-state index contributed by atoms with van der Waals surface area (Å²) in [4.78, 5) is 0. The van der Waals surface area contributed by atoms with Gasteiger partial charge in [0.25, 0.3) is 0 Å². The highest BCUT2D eigenvalue weighted by Crippen LogP contribution is 2.40. The first-order valence-corrected chi connectivity index (χ1v) is 10.8. The zero-order chi connectivity index (χ0) is 19.6. The molecule has 2 bridgehead atoms. The van der Waals surface area contributed by atoms with Gasteiger partial charge < -0.3 is 9.47 Å². The predicted octanol–water partition coefficient (Wildman–Crippen LogP) is 4.12. The molecular weight excluding hydrogens is 374 g/mol. The van der Waals surface area contributed by atoms with Crippen molar-refractivity contribution in [3.8, 4) is 11.5 Å². The number of fused-ring (bicyclic) bond motifs is 3. The highest BCUT2D eigenvalue weighted by molar-refractivity contribution is 7.92. The van der Waals surface area contributed by atoms with Crippen LogP contribution in [0.5, 0.6) is 11.5 Å². The van der Waals surface area contributed by atoms with E-state index in [9.17, 15) is 8.42 Å². The second-order valence-corrected chi connectivity index (χ2v) is 8.66. The maximum absolute atomic E-state index is 12.6. The van der Waals surface area contributed by atoms with Crippen molar-refractivity contribution in [2.45, 2.75) is 19.8 Å². The van der Waals surface area contributed by atoms with Gasteiger partial charge in [0.1, 0.15) is 13.2 Å². The number of ether oxygens (including phenoxy) is 2. The van der Waals surface area contributed by atoms with E-state index in [1.54, 1.807) is 18.2 Å². The lowest BCUT2D eigenvalue weighted by Crippen LogP contribution is -2.29. The molecule has 0 aliphatic carbocycles. The molecule has 0 amide bonds. The van der Waals surface area contributed by atoms with E-state index >= 15 is 0 Å². The van der Waals surface area contributed by atoms with Gasteiger partial charge in [0, 0.05) is 0 Å². The Kier molecular flexibility index (Phi) is 4.96. The number of anilines is 1. The molecule has 0 saturated heterocycles. The van der Waals surface area contributed by atoms with E-state index in [0.717, 1.165) is 16.7 Å². The summed E-state index contributed by atoms with van der Waals surface area (Å²) in [5.41, 5.74) is 3.42. The van der Waals surface area contributed by atoms with Crippen molar-refractivity contribution in [1.82, 2.24) is 0 Å². The van der Waals surface area contributed by atoms with Gasteiger partial charge in [0.15, 0.2) is 11.5 Å². The minimum atomic E-state index is -3.54. The normalized spacial score (nSPS) is 13.2. The molecule has 0 aromatic heterocycles. The second kappa shape index (κ2) is 7.56. The van der Waals surface area contributed by atoms with Crippen molar-refractivity contribution in [2.24, 2.45) is 0 Å². The first kappa shape index (κ1) is 18.4. The molecule has 0 fully saturated rings. The molecule has 5 nitrogen and oxygen atoms in total. The van der Waals surface area contributed by atoms with Crippen LogP contribution >= 0.6 is 0 Å². The standard InChI is InChI=1S/C22H21NO4S/c1-28(24,25)23(14-17-7-3-2-4-8-17)20-11-6-12-21-22(20)27-16-19-10-5-9-18(13-19)15-26-21/h2-13H,14-16H2,1H3. The number of hydrogen-bond acceptors (Lipinski definition) is 4. The summed E-state index contributed by atoms with van der Waals surface area (Å²) in [6.07, 6.45) is 1.20. The summed E-state index contributed by atoms with van der Waals surface area (Å²) in [5.74, 6) is 0.966. The Bertz CT molecular complexity index is 1080. The maximum Gasteiger partial charge on any atom is 0.232 e. The van der Waals surface area contributed by atoms with Gasteiger partial charge in [0.05, 0.1) is 18.5 Å². The molecule has 3 aromatic rings. The van der Waals surface area contributed by atoms with Crippen LogP contribution in [0.1, 0.15) is 16.7 Å². The van der Waals surface area contributed by atoms with E-state index in [1.807, 2.05) is 54.6 Å². The van der Waals surface area contributed by atoms with Gasteiger partial charge in [-0.2, -0.15) is 0 Å². The van der Waals surface area contributed by atoms with Gasteiger partial charge in [0.2, 0.25) is 10.0 Å². The molecule has 4 rings (SSSR count). The Hall–Kier alpha value is -2.99. The summed E-state index contributed by atoms with van der Waals surface area (Å²) in [6, 6.07) is 22.8. The highest BCUT2D eigenvalue weighted by atomic mass is 32.2. The Morgan fingerprint density at radius 2 is 1.54 bits per heavy atom. The average molecular weight is 395 g/mol. The topological polar surface area (TPSA) is 55.8 Å². The molecule has 28 heavy (non-hydrogen) atoms. The van der Waals surface area contributed by atoms with E-state index in [1.165, 1.54) is 10.6 Å². The van der Waals surface area contributed by atoms with Crippen LogP contribution in [0.3, 0.4) is 0 Å². The smallest absolute Gasteiger partial charge is 0.232 e. The molecule has 0 radical (unpaired) electrons. The van der Waals surface area contributed by atoms with Crippen LogP contribution in [0, 0.1) is 0 Å². The minimum Gasteiger partial charge on any atom is -0.485 e. The van der Waals surface area contributed by atoms with Gasteiger partial charge in [-0.1, -0.05) is 54.6 Å². The van der Waals surface area contributed by atoms with Crippen molar-refractivity contribution in [1.29, 1.82) is 0 Å². The molecule has 1 aliphatic rings. The molecule has 1 heterocycles. The quantitative estimate of drug-likeness (QED) is 0.667. The lowest BCUT2D eigenvalue weighted by Gasteiger charge is -2.26. The Morgan fingerprint density at radius 1 is 0.857 bits per heavy atom. The predicted molar refractivity (Wildman–Crippen MR) is 109 cm³/mol. The van der Waals surface area contributed by atoms with Gasteiger partial charge in [-0.15, -0.1) is 0 Å². The van der Waals surface area contributed by atoms with Crippen LogP contribution in [0.2, 0.25) is 0 Å². The fourth-order valence-electron chi connectivity index (χ4n) is 3.22. The largest absolute Gasteiger partial charge is 0.485 e. The van der Waals surface area contributed by atoms with E-state index < -0.39 is 10.0 Å². The summed E-state index contributed by atoms with van der Waals surface area (Å²) < 4.78 is 38.6. The van der Waals surface area contributed by atoms with Gasteiger partial charge >= 0.3 is 0 Å². The number of para-hydroxylation sites is 1. The molecule has 0 unspecified atom stereocenters. The zero-order valence-electron chi connectivity index (χ0n) is 15.5. The van der Waals surface area contributed by atoms with Crippen molar-refractivity contribution >= 4 is 15.7 Å². The Labute approximate surface area is 165 Å². The van der Waals surface area contributed by atoms with Crippen molar-refractivity contribution in [2.75, 3.05) is 10.6 Å². The third-order valence-electron chi connectivity index (χ3n) is 4.57. The number of nitrogens with zero attached hydrogens (tertiary/aromatic N) is 1. The summed E-state index contributed by atoms with van der Waals surface area (Å²) >= 11 is 0. The van der Waals surface area contributed by atoms with E-state index in [0.29, 0.717) is 30.4 Å². The number of sulfonamides is 1. The van der Waals surface area contributed by atoms with E-state index in [-0.39, 0.29) is 6.54 Å². The lowest BCUT2D eigenvalue weighted by molar-refractivity contribution is 0.262. The zero-order valence-corrected chi connectivity index (χ0v) is 16.4. The van der Waals surface area contributed by atoms with Crippen LogP contribution < -0.4 is 13.8 Å². The van der Waals surface area contributed by atoms with Crippen LogP contribution in [0.15, 0.2) is 72.8 Å². The van der Waals surface area contributed by atoms with Crippen LogP contribution in [0.4, 0.5) is 5.69 Å². The fourth-order valence-corrected chi connectivity index (χ4v) is 4.10. The van der Waals surface area contributed by atoms with Crippen LogP contribution in [0.25, 0.3) is 0 Å². The van der Waals surface area contributed by atoms with Crippen molar-refractivity contribution in [3.05, 3.63) is 89.5 Å². The average Bonchev–Trinajstić information content (AvgIpc) is 2.74. The lowest BCUT2D eigenvalue weighted by atomic mass is 10.1. The summed E-state index contributed by atoms with van der Waals surface area (Å²) in [6.45, 7) is 0.947. The summed E-state index contributed by atoms with van der Waals surface area (Å²) in [7, 11) is -3.54. The van der Waals surface area contributed by atoms with Gasteiger partial charge in [-0.05, 0) is 34.9 Å². The van der Waals surface area contributed by atoms with Crippen LogP contribution in [-0.2, 0) is 29.8 Å². The maximum atomic E-state index is 12.6. The molecule has 6 heteroatoms. The van der Waals surface area contributed by atoms with E-state index in [4.69, 9.17) is 9.47 Å². The van der Waals surface area contributed by atoms with Crippen molar-refractivity contribution in [3.63, 3.8) is 0 Å². The first-order chi connectivity index (χ1) is 13.5. The molecule has 0 saturated carbocycles. The molecular formula is C22H21NO4S. The van der Waals surface area contributed by atoms with Gasteiger partial charge in [-0.3, -0.25) is 4.31 Å². The third kappa shape index (κ3) is 3.97.